The highest BCUT2D eigenvalue weighted by molar-refractivity contribution is 9.10. The number of nitrogens with one attached hydrogen (secondary N) is 1. The van der Waals surface area contributed by atoms with Gasteiger partial charge in [-0.05, 0) is 47.5 Å². The van der Waals surface area contributed by atoms with Crippen molar-refractivity contribution in [1.29, 1.82) is 0 Å². The van der Waals surface area contributed by atoms with Crippen molar-refractivity contribution in [2.75, 3.05) is 7.11 Å². The molecule has 0 bridgehead atoms. The van der Waals surface area contributed by atoms with E-state index in [2.05, 4.69) is 52.2 Å². The van der Waals surface area contributed by atoms with Crippen molar-refractivity contribution in [3.05, 3.63) is 46.5 Å². The fourth-order valence-corrected chi connectivity index (χ4v) is 2.85. The maximum absolute atomic E-state index is 5.25. The summed E-state index contributed by atoms with van der Waals surface area (Å²) in [7, 11) is 3.68. The molecule has 0 saturated carbocycles. The summed E-state index contributed by atoms with van der Waals surface area (Å²) in [5.41, 5.74) is 1.21. The van der Waals surface area contributed by atoms with Crippen LogP contribution in [0.4, 0.5) is 0 Å². The van der Waals surface area contributed by atoms with Gasteiger partial charge in [-0.3, -0.25) is 0 Å². The molecule has 0 aliphatic rings. The van der Waals surface area contributed by atoms with E-state index in [4.69, 9.17) is 4.74 Å². The quantitative estimate of drug-likeness (QED) is 0.905. The molecule has 2 aromatic rings. The van der Waals surface area contributed by atoms with Gasteiger partial charge in [-0.2, -0.15) is 0 Å². The minimum absolute atomic E-state index is 0.186. The first kappa shape index (κ1) is 15.1. The van der Waals surface area contributed by atoms with E-state index in [0.717, 1.165) is 16.0 Å². The number of hydrogen-bond acceptors (Lipinski definition) is 3. The van der Waals surface area contributed by atoms with Crippen molar-refractivity contribution in [1.82, 2.24) is 14.9 Å². The number of benzene rings is 1. The average Bonchev–Trinajstić information content (AvgIpc) is 2.84. The van der Waals surface area contributed by atoms with Gasteiger partial charge in [0.15, 0.2) is 0 Å². The van der Waals surface area contributed by atoms with Gasteiger partial charge in [0.25, 0.3) is 0 Å². The Morgan fingerprint density at radius 1 is 1.30 bits per heavy atom. The minimum Gasteiger partial charge on any atom is -0.496 e. The summed E-state index contributed by atoms with van der Waals surface area (Å²) >= 11 is 3.52. The maximum atomic E-state index is 5.25. The molecule has 5 heteroatoms. The molecule has 108 valence electrons. The van der Waals surface area contributed by atoms with E-state index in [0.29, 0.717) is 0 Å². The first-order valence-electron chi connectivity index (χ1n) is 6.59. The molecule has 1 heterocycles. The molecule has 1 aromatic carbocycles. The molecular formula is C15H20BrN3O. The highest BCUT2D eigenvalue weighted by Crippen LogP contribution is 2.28. The third-order valence-electron chi connectivity index (χ3n) is 3.42. The Morgan fingerprint density at radius 2 is 2.05 bits per heavy atom. The number of hydrogen-bond donors (Lipinski definition) is 1. The topological polar surface area (TPSA) is 39.1 Å². The molecule has 2 rings (SSSR count). The summed E-state index contributed by atoms with van der Waals surface area (Å²) in [6.07, 6.45) is 3.78. The average molecular weight is 338 g/mol. The molecule has 0 spiro atoms. The van der Waals surface area contributed by atoms with Gasteiger partial charge in [-0.25, -0.2) is 4.98 Å². The SMILES string of the molecule is COc1ccc(C(C)NC(C)c2nccn2C)cc1Br. The van der Waals surface area contributed by atoms with E-state index in [1.807, 2.05) is 30.1 Å². The van der Waals surface area contributed by atoms with Crippen LogP contribution in [0.5, 0.6) is 5.75 Å². The predicted octanol–water partition coefficient (Wildman–Crippen LogP) is 3.60. The monoisotopic (exact) mass is 337 g/mol. The second-order valence-electron chi connectivity index (χ2n) is 4.90. The smallest absolute Gasteiger partial charge is 0.133 e. The number of imidazole rings is 1. The highest BCUT2D eigenvalue weighted by atomic mass is 79.9. The molecule has 0 fully saturated rings. The molecule has 2 atom stereocenters. The third kappa shape index (κ3) is 3.22. The van der Waals surface area contributed by atoms with E-state index >= 15 is 0 Å². The van der Waals surface area contributed by atoms with Crippen LogP contribution in [0.25, 0.3) is 0 Å². The minimum atomic E-state index is 0.186. The van der Waals surface area contributed by atoms with Crippen LogP contribution in [0.15, 0.2) is 35.1 Å². The third-order valence-corrected chi connectivity index (χ3v) is 4.04. The Labute approximate surface area is 128 Å². The number of nitrogens with zero attached hydrogens (tertiary/aromatic N) is 2. The molecule has 1 N–H and O–H groups in total. The van der Waals surface area contributed by atoms with Crippen LogP contribution in [0, 0.1) is 0 Å². The van der Waals surface area contributed by atoms with Gasteiger partial charge < -0.3 is 14.6 Å². The van der Waals surface area contributed by atoms with Crippen molar-refractivity contribution >= 4 is 15.9 Å². The zero-order valence-electron chi connectivity index (χ0n) is 12.2. The van der Waals surface area contributed by atoms with Gasteiger partial charge >= 0.3 is 0 Å². The molecular weight excluding hydrogens is 318 g/mol. The Bertz CT molecular complexity index is 582. The normalized spacial score (nSPS) is 14.1. The fraction of sp³-hybridized carbons (Fsp3) is 0.400. The Kier molecular flexibility index (Phi) is 4.83. The van der Waals surface area contributed by atoms with E-state index in [-0.39, 0.29) is 12.1 Å². The fourth-order valence-electron chi connectivity index (χ4n) is 2.29. The molecule has 20 heavy (non-hydrogen) atoms. The Hall–Kier alpha value is -1.33. The van der Waals surface area contributed by atoms with Crippen LogP contribution >= 0.6 is 15.9 Å². The summed E-state index contributed by atoms with van der Waals surface area (Å²) < 4.78 is 8.26. The van der Waals surface area contributed by atoms with Crippen LogP contribution < -0.4 is 10.1 Å². The van der Waals surface area contributed by atoms with E-state index in [1.165, 1.54) is 5.56 Å². The van der Waals surface area contributed by atoms with Crippen molar-refractivity contribution in [2.24, 2.45) is 7.05 Å². The van der Waals surface area contributed by atoms with Crippen LogP contribution in [0.2, 0.25) is 0 Å². The lowest BCUT2D eigenvalue weighted by Gasteiger charge is -2.20. The van der Waals surface area contributed by atoms with Crippen molar-refractivity contribution in [2.45, 2.75) is 25.9 Å². The van der Waals surface area contributed by atoms with E-state index in [9.17, 15) is 0 Å². The Morgan fingerprint density at radius 3 is 2.60 bits per heavy atom. The summed E-state index contributed by atoms with van der Waals surface area (Å²) in [6, 6.07) is 6.55. The first-order chi connectivity index (χ1) is 9.52. The molecule has 0 aliphatic carbocycles. The van der Waals surface area contributed by atoms with Gasteiger partial charge in [-0.15, -0.1) is 0 Å². The number of ether oxygens (including phenoxy) is 1. The number of aromatic nitrogens is 2. The van der Waals surface area contributed by atoms with E-state index < -0.39 is 0 Å². The lowest BCUT2D eigenvalue weighted by molar-refractivity contribution is 0.411. The number of methoxy groups -OCH3 is 1. The summed E-state index contributed by atoms with van der Waals surface area (Å²) in [5.74, 6) is 1.88. The molecule has 0 amide bonds. The van der Waals surface area contributed by atoms with E-state index in [1.54, 1.807) is 7.11 Å². The van der Waals surface area contributed by atoms with Crippen LogP contribution in [0.3, 0.4) is 0 Å². The van der Waals surface area contributed by atoms with Crippen molar-refractivity contribution in [3.8, 4) is 5.75 Å². The second-order valence-corrected chi connectivity index (χ2v) is 5.75. The second kappa shape index (κ2) is 6.41. The Balaban J connectivity index is 2.10. The lowest BCUT2D eigenvalue weighted by atomic mass is 10.1. The summed E-state index contributed by atoms with van der Waals surface area (Å²) in [6.45, 7) is 4.27. The predicted molar refractivity (Wildman–Crippen MR) is 83.9 cm³/mol. The molecule has 0 saturated heterocycles. The molecule has 4 nitrogen and oxygen atoms in total. The zero-order chi connectivity index (χ0) is 14.7. The standard InChI is InChI=1S/C15H20BrN3O/c1-10(12-5-6-14(20-4)13(16)9-12)18-11(2)15-17-7-8-19(15)3/h5-11,18H,1-4H3. The largest absolute Gasteiger partial charge is 0.496 e. The summed E-state index contributed by atoms with van der Waals surface area (Å²) in [5, 5.41) is 3.56. The zero-order valence-corrected chi connectivity index (χ0v) is 13.8. The van der Waals surface area contributed by atoms with Crippen LogP contribution in [-0.4, -0.2) is 16.7 Å². The molecule has 0 radical (unpaired) electrons. The van der Waals surface area contributed by atoms with Crippen molar-refractivity contribution in [3.63, 3.8) is 0 Å². The van der Waals surface area contributed by atoms with Gasteiger partial charge in [0.1, 0.15) is 11.6 Å². The van der Waals surface area contributed by atoms with Gasteiger partial charge in [0.2, 0.25) is 0 Å². The number of aryl methyl sites for hydroxylation is 1. The lowest BCUT2D eigenvalue weighted by Crippen LogP contribution is -2.24. The van der Waals surface area contributed by atoms with Gasteiger partial charge in [-0.1, -0.05) is 6.07 Å². The molecule has 1 aromatic heterocycles. The summed E-state index contributed by atoms with van der Waals surface area (Å²) in [4.78, 5) is 4.38. The molecule has 2 unspecified atom stereocenters. The van der Waals surface area contributed by atoms with Crippen molar-refractivity contribution < 1.29 is 4.74 Å². The van der Waals surface area contributed by atoms with Crippen LogP contribution in [-0.2, 0) is 7.05 Å². The van der Waals surface area contributed by atoms with Gasteiger partial charge in [0.05, 0.1) is 17.6 Å². The van der Waals surface area contributed by atoms with Crippen LogP contribution in [0.1, 0.15) is 37.3 Å². The number of rotatable bonds is 5. The molecule has 0 aliphatic heterocycles. The number of halogens is 1. The maximum Gasteiger partial charge on any atom is 0.133 e. The van der Waals surface area contributed by atoms with Gasteiger partial charge in [0, 0.05) is 25.5 Å². The highest BCUT2D eigenvalue weighted by Gasteiger charge is 2.15. The first-order valence-corrected chi connectivity index (χ1v) is 7.39.